The number of carbonyl (C=O) groups is 2. The number of ketones is 1. The third-order valence-corrected chi connectivity index (χ3v) is 4.99. The molecule has 0 aliphatic heterocycles. The van der Waals surface area contributed by atoms with Gasteiger partial charge in [0.1, 0.15) is 5.75 Å². The summed E-state index contributed by atoms with van der Waals surface area (Å²) < 4.78 is 6.41. The van der Waals surface area contributed by atoms with E-state index in [4.69, 9.17) is 17.0 Å². The molecule has 0 saturated heterocycles. The van der Waals surface area contributed by atoms with E-state index in [1.54, 1.807) is 24.3 Å². The standard InChI is InChI=1S/C21H17BrN2O3S/c1-13(25)15-6-4-7-16(11-15)23-21(28)24-19(26)12-27-18-10-9-14-5-2-3-8-17(14)20(18)22/h2-11H,12H2,1H3,(H2,23,24,26,28). The number of halogens is 1. The smallest absolute Gasteiger partial charge is 0.264 e. The van der Waals surface area contributed by atoms with Crippen molar-refractivity contribution in [1.29, 1.82) is 0 Å². The third-order valence-electron chi connectivity index (χ3n) is 3.97. The van der Waals surface area contributed by atoms with Crippen molar-refractivity contribution in [2.24, 2.45) is 0 Å². The highest BCUT2D eigenvalue weighted by atomic mass is 79.9. The number of rotatable bonds is 5. The topological polar surface area (TPSA) is 67.4 Å². The van der Waals surface area contributed by atoms with Crippen LogP contribution in [0.5, 0.6) is 5.75 Å². The number of Topliss-reactive ketones (excluding diaryl/α,β-unsaturated/α-hetero) is 1. The lowest BCUT2D eigenvalue weighted by molar-refractivity contribution is -0.121. The van der Waals surface area contributed by atoms with Crippen LogP contribution in [0.1, 0.15) is 17.3 Å². The molecular weight excluding hydrogens is 440 g/mol. The molecule has 0 aromatic heterocycles. The molecule has 0 fully saturated rings. The highest BCUT2D eigenvalue weighted by Crippen LogP contribution is 2.32. The van der Waals surface area contributed by atoms with Crippen molar-refractivity contribution in [2.45, 2.75) is 6.92 Å². The van der Waals surface area contributed by atoms with Crippen molar-refractivity contribution in [2.75, 3.05) is 11.9 Å². The van der Waals surface area contributed by atoms with E-state index in [0.29, 0.717) is 17.0 Å². The van der Waals surface area contributed by atoms with Crippen LogP contribution in [0.2, 0.25) is 0 Å². The van der Waals surface area contributed by atoms with Crippen molar-refractivity contribution < 1.29 is 14.3 Å². The molecule has 28 heavy (non-hydrogen) atoms. The summed E-state index contributed by atoms with van der Waals surface area (Å²) in [5.74, 6) is 0.134. The molecule has 3 aromatic carbocycles. The molecule has 3 rings (SSSR count). The highest BCUT2D eigenvalue weighted by Gasteiger charge is 2.10. The first-order valence-electron chi connectivity index (χ1n) is 8.46. The minimum atomic E-state index is -0.389. The van der Waals surface area contributed by atoms with Gasteiger partial charge < -0.3 is 10.1 Å². The fourth-order valence-corrected chi connectivity index (χ4v) is 3.45. The third kappa shape index (κ3) is 4.94. The average Bonchev–Trinajstić information content (AvgIpc) is 2.67. The zero-order valence-electron chi connectivity index (χ0n) is 15.0. The Morgan fingerprint density at radius 3 is 2.64 bits per heavy atom. The van der Waals surface area contributed by atoms with Crippen molar-refractivity contribution >= 4 is 61.4 Å². The van der Waals surface area contributed by atoms with Crippen LogP contribution in [0.15, 0.2) is 65.1 Å². The van der Waals surface area contributed by atoms with Gasteiger partial charge in [0.2, 0.25) is 0 Å². The van der Waals surface area contributed by atoms with Crippen LogP contribution >= 0.6 is 28.1 Å². The summed E-state index contributed by atoms with van der Waals surface area (Å²) in [5, 5.41) is 7.65. The number of benzene rings is 3. The van der Waals surface area contributed by atoms with E-state index in [2.05, 4.69) is 26.6 Å². The minimum Gasteiger partial charge on any atom is -0.483 e. The molecule has 0 heterocycles. The Bertz CT molecular complexity index is 1070. The van der Waals surface area contributed by atoms with Crippen LogP contribution in [-0.4, -0.2) is 23.4 Å². The Labute approximate surface area is 176 Å². The van der Waals surface area contributed by atoms with E-state index >= 15 is 0 Å². The maximum atomic E-state index is 12.1. The van der Waals surface area contributed by atoms with Gasteiger partial charge in [-0.1, -0.05) is 42.5 Å². The summed E-state index contributed by atoms with van der Waals surface area (Å²) in [6.07, 6.45) is 0. The van der Waals surface area contributed by atoms with E-state index in [9.17, 15) is 9.59 Å². The number of thiocarbonyl (C=S) groups is 1. The zero-order chi connectivity index (χ0) is 20.1. The van der Waals surface area contributed by atoms with Crippen molar-refractivity contribution in [1.82, 2.24) is 5.32 Å². The first-order valence-corrected chi connectivity index (χ1v) is 9.66. The van der Waals surface area contributed by atoms with Gasteiger partial charge in [-0.3, -0.25) is 14.9 Å². The molecule has 0 radical (unpaired) electrons. The lowest BCUT2D eigenvalue weighted by atomic mass is 10.1. The fourth-order valence-electron chi connectivity index (χ4n) is 2.61. The van der Waals surface area contributed by atoms with E-state index in [0.717, 1.165) is 15.2 Å². The Balaban J connectivity index is 1.57. The molecule has 0 bridgehead atoms. The van der Waals surface area contributed by atoms with Gasteiger partial charge in [-0.15, -0.1) is 0 Å². The second kappa shape index (κ2) is 8.95. The van der Waals surface area contributed by atoms with Crippen molar-refractivity contribution in [3.8, 4) is 5.75 Å². The van der Waals surface area contributed by atoms with Crippen LogP contribution in [-0.2, 0) is 4.79 Å². The number of amides is 1. The van der Waals surface area contributed by atoms with Crippen LogP contribution in [0, 0.1) is 0 Å². The molecule has 0 aliphatic carbocycles. The first-order chi connectivity index (χ1) is 13.4. The molecule has 3 aromatic rings. The van der Waals surface area contributed by atoms with Gasteiger partial charge in [0.25, 0.3) is 5.91 Å². The summed E-state index contributed by atoms with van der Waals surface area (Å²) in [5.41, 5.74) is 1.18. The van der Waals surface area contributed by atoms with Gasteiger partial charge >= 0.3 is 0 Å². The number of ether oxygens (including phenoxy) is 1. The quantitative estimate of drug-likeness (QED) is 0.430. The predicted octanol–water partition coefficient (Wildman–Crippen LogP) is 4.70. The number of hydrogen-bond acceptors (Lipinski definition) is 4. The largest absolute Gasteiger partial charge is 0.483 e. The molecule has 0 unspecified atom stereocenters. The first kappa shape index (κ1) is 20.0. The molecule has 2 N–H and O–H groups in total. The van der Waals surface area contributed by atoms with E-state index in [-0.39, 0.29) is 23.4 Å². The van der Waals surface area contributed by atoms with E-state index in [1.165, 1.54) is 6.92 Å². The SMILES string of the molecule is CC(=O)c1cccc(NC(=S)NC(=O)COc2ccc3ccccc3c2Br)c1. The van der Waals surface area contributed by atoms with Crippen LogP contribution < -0.4 is 15.4 Å². The number of anilines is 1. The molecule has 0 spiro atoms. The van der Waals surface area contributed by atoms with Gasteiger partial charge in [-0.25, -0.2) is 0 Å². The van der Waals surface area contributed by atoms with Gasteiger partial charge in [0.15, 0.2) is 17.5 Å². The van der Waals surface area contributed by atoms with E-state index < -0.39 is 0 Å². The van der Waals surface area contributed by atoms with Gasteiger partial charge in [-0.05, 0) is 64.0 Å². The zero-order valence-corrected chi connectivity index (χ0v) is 17.4. The Hall–Kier alpha value is -2.77. The fraction of sp³-hybridized carbons (Fsp3) is 0.0952. The summed E-state index contributed by atoms with van der Waals surface area (Å²) in [6, 6.07) is 18.5. The summed E-state index contributed by atoms with van der Waals surface area (Å²) >= 11 is 8.67. The Morgan fingerprint density at radius 2 is 1.86 bits per heavy atom. The summed E-state index contributed by atoms with van der Waals surface area (Å²) in [4.78, 5) is 23.6. The lowest BCUT2D eigenvalue weighted by Gasteiger charge is -2.12. The number of fused-ring (bicyclic) bond motifs is 1. The Kier molecular flexibility index (Phi) is 6.38. The number of hydrogen-bond donors (Lipinski definition) is 2. The highest BCUT2D eigenvalue weighted by molar-refractivity contribution is 9.10. The average molecular weight is 457 g/mol. The van der Waals surface area contributed by atoms with Crippen molar-refractivity contribution in [3.05, 3.63) is 70.7 Å². The summed E-state index contributed by atoms with van der Waals surface area (Å²) in [7, 11) is 0. The maximum absolute atomic E-state index is 12.1. The maximum Gasteiger partial charge on any atom is 0.264 e. The molecular formula is C21H17BrN2O3S. The van der Waals surface area contributed by atoms with Crippen LogP contribution in [0.3, 0.4) is 0 Å². The summed E-state index contributed by atoms with van der Waals surface area (Å²) in [6.45, 7) is 1.30. The molecule has 7 heteroatoms. The molecule has 0 saturated carbocycles. The molecule has 5 nitrogen and oxygen atoms in total. The molecule has 142 valence electrons. The molecule has 1 amide bonds. The minimum absolute atomic E-state index is 0.0482. The normalized spacial score (nSPS) is 10.4. The lowest BCUT2D eigenvalue weighted by Crippen LogP contribution is -2.37. The van der Waals surface area contributed by atoms with Crippen molar-refractivity contribution in [3.63, 3.8) is 0 Å². The molecule has 0 atom stereocenters. The van der Waals surface area contributed by atoms with E-state index in [1.807, 2.05) is 36.4 Å². The number of nitrogens with one attached hydrogen (secondary N) is 2. The monoisotopic (exact) mass is 456 g/mol. The second-order valence-electron chi connectivity index (χ2n) is 6.03. The second-order valence-corrected chi connectivity index (χ2v) is 7.23. The predicted molar refractivity (Wildman–Crippen MR) is 118 cm³/mol. The van der Waals surface area contributed by atoms with Gasteiger partial charge in [-0.2, -0.15) is 0 Å². The van der Waals surface area contributed by atoms with Gasteiger partial charge in [0, 0.05) is 11.3 Å². The van der Waals surface area contributed by atoms with Crippen LogP contribution in [0.4, 0.5) is 5.69 Å². The Morgan fingerprint density at radius 1 is 1.07 bits per heavy atom. The number of carbonyl (C=O) groups excluding carboxylic acids is 2. The molecule has 0 aliphatic rings. The van der Waals surface area contributed by atoms with Gasteiger partial charge in [0.05, 0.1) is 4.47 Å². The van der Waals surface area contributed by atoms with Crippen LogP contribution in [0.25, 0.3) is 10.8 Å².